The van der Waals surface area contributed by atoms with Crippen molar-refractivity contribution in [3.05, 3.63) is 106 Å². The molecule has 0 bridgehead atoms. The number of ether oxygens (including phenoxy) is 1. The summed E-state index contributed by atoms with van der Waals surface area (Å²) in [5.41, 5.74) is 6.58. The fraction of sp³-hybridized carbons (Fsp3) is 0.200. The Kier molecular flexibility index (Phi) is 6.70. The van der Waals surface area contributed by atoms with E-state index in [2.05, 4.69) is 54.1 Å². The first-order chi connectivity index (χ1) is 17.4. The van der Waals surface area contributed by atoms with Gasteiger partial charge in [-0.3, -0.25) is 14.5 Å². The minimum absolute atomic E-state index is 0.213. The number of thioether (sulfide) groups is 1. The van der Waals surface area contributed by atoms with Crippen LogP contribution < -0.4 is 4.74 Å². The van der Waals surface area contributed by atoms with Gasteiger partial charge in [-0.1, -0.05) is 60.2 Å². The third-order valence-electron chi connectivity index (χ3n) is 6.37. The van der Waals surface area contributed by atoms with E-state index in [1.807, 2.05) is 50.3 Å². The smallest absolute Gasteiger partial charge is 0.293 e. The number of fused-ring (bicyclic) bond motifs is 1. The number of hydrogen-bond donors (Lipinski definition) is 0. The summed E-state index contributed by atoms with van der Waals surface area (Å²) < 4.78 is 8.07. The monoisotopic (exact) mass is 496 g/mol. The minimum atomic E-state index is -0.273. The van der Waals surface area contributed by atoms with Crippen molar-refractivity contribution in [2.24, 2.45) is 0 Å². The van der Waals surface area contributed by atoms with Gasteiger partial charge in [0.1, 0.15) is 12.4 Å². The number of carbonyl (C=O) groups is 2. The van der Waals surface area contributed by atoms with Gasteiger partial charge in [0.2, 0.25) is 0 Å². The molecule has 0 atom stereocenters. The van der Waals surface area contributed by atoms with E-state index in [1.54, 1.807) is 0 Å². The highest BCUT2D eigenvalue weighted by Gasteiger charge is 2.35. The number of benzene rings is 3. The number of aromatic nitrogens is 1. The van der Waals surface area contributed by atoms with E-state index in [0.717, 1.165) is 51.6 Å². The van der Waals surface area contributed by atoms with Gasteiger partial charge >= 0.3 is 0 Å². The number of para-hydroxylation sites is 1. The predicted octanol–water partition coefficient (Wildman–Crippen LogP) is 6.73. The molecule has 0 saturated carbocycles. The standard InChI is InChI=1S/C30H28N2O3S/c1-20-9-12-23(13-10-20)18-31-19-24(25-6-4-5-7-26(25)31)17-28-29(33)32(30(34)36-28)14-15-35-27-16-21(2)8-11-22(27)3/h4-13,16-17,19H,14-15,18H2,1-3H3/b28-17-. The highest BCUT2D eigenvalue weighted by Crippen LogP contribution is 2.34. The number of hydrogen-bond acceptors (Lipinski definition) is 4. The van der Waals surface area contributed by atoms with Crippen LogP contribution >= 0.6 is 11.8 Å². The minimum Gasteiger partial charge on any atom is -0.491 e. The molecule has 2 heterocycles. The largest absolute Gasteiger partial charge is 0.491 e. The molecule has 2 amide bonds. The van der Waals surface area contributed by atoms with Gasteiger partial charge in [0.15, 0.2) is 0 Å². The summed E-state index contributed by atoms with van der Waals surface area (Å²) in [6.45, 7) is 7.26. The molecule has 0 radical (unpaired) electrons. The van der Waals surface area contributed by atoms with Crippen molar-refractivity contribution in [3.63, 3.8) is 0 Å². The molecule has 1 saturated heterocycles. The van der Waals surface area contributed by atoms with E-state index in [4.69, 9.17) is 4.74 Å². The van der Waals surface area contributed by atoms with Crippen molar-refractivity contribution in [1.29, 1.82) is 0 Å². The first-order valence-electron chi connectivity index (χ1n) is 12.0. The van der Waals surface area contributed by atoms with Crippen LogP contribution in [0.5, 0.6) is 5.75 Å². The second-order valence-corrected chi connectivity index (χ2v) is 10.2. The van der Waals surface area contributed by atoms with Crippen molar-refractivity contribution in [2.75, 3.05) is 13.2 Å². The molecule has 1 aliphatic heterocycles. The Morgan fingerprint density at radius 1 is 0.917 bits per heavy atom. The Bertz CT molecular complexity index is 1480. The molecule has 5 nitrogen and oxygen atoms in total. The Labute approximate surface area is 215 Å². The number of rotatable bonds is 7. The Hall–Kier alpha value is -3.77. The van der Waals surface area contributed by atoms with Crippen molar-refractivity contribution >= 4 is 39.9 Å². The van der Waals surface area contributed by atoms with Crippen LogP contribution in [0.3, 0.4) is 0 Å². The highest BCUT2D eigenvalue weighted by atomic mass is 32.2. The van der Waals surface area contributed by atoms with Crippen LogP contribution in [0.15, 0.2) is 77.8 Å². The number of imide groups is 1. The average molecular weight is 497 g/mol. The van der Waals surface area contributed by atoms with Crippen molar-refractivity contribution < 1.29 is 14.3 Å². The quantitative estimate of drug-likeness (QED) is 0.266. The molecule has 0 spiro atoms. The Morgan fingerprint density at radius 3 is 2.47 bits per heavy atom. The Morgan fingerprint density at radius 2 is 1.67 bits per heavy atom. The summed E-state index contributed by atoms with van der Waals surface area (Å²) in [4.78, 5) is 27.5. The molecular formula is C30H28N2O3S. The maximum absolute atomic E-state index is 13.1. The second-order valence-electron chi connectivity index (χ2n) is 9.17. The van der Waals surface area contributed by atoms with Crippen molar-refractivity contribution in [2.45, 2.75) is 27.3 Å². The van der Waals surface area contributed by atoms with Gasteiger partial charge in [0, 0.05) is 29.2 Å². The molecule has 182 valence electrons. The number of carbonyl (C=O) groups excluding carboxylic acids is 2. The number of nitrogens with zero attached hydrogens (tertiary/aromatic N) is 2. The lowest BCUT2D eigenvalue weighted by Crippen LogP contribution is -2.32. The lowest BCUT2D eigenvalue weighted by molar-refractivity contribution is -0.123. The Balaban J connectivity index is 1.34. The molecule has 4 aromatic rings. The zero-order chi connectivity index (χ0) is 25.2. The maximum atomic E-state index is 13.1. The van der Waals surface area contributed by atoms with Crippen LogP contribution in [0.4, 0.5) is 4.79 Å². The van der Waals surface area contributed by atoms with Crippen LogP contribution in [0.1, 0.15) is 27.8 Å². The normalized spacial score (nSPS) is 14.9. The SMILES string of the molecule is Cc1ccc(Cn2cc(/C=C3\SC(=O)N(CCOc4cc(C)ccc4C)C3=O)c3ccccc32)cc1. The molecular weight excluding hydrogens is 468 g/mol. The summed E-state index contributed by atoms with van der Waals surface area (Å²) in [6, 6.07) is 22.6. The van der Waals surface area contributed by atoms with Gasteiger partial charge in [-0.2, -0.15) is 0 Å². The molecule has 3 aromatic carbocycles. The summed E-state index contributed by atoms with van der Waals surface area (Å²) >= 11 is 0.986. The molecule has 1 aliphatic rings. The predicted molar refractivity (Wildman–Crippen MR) is 146 cm³/mol. The van der Waals surface area contributed by atoms with E-state index in [-0.39, 0.29) is 24.3 Å². The van der Waals surface area contributed by atoms with Crippen LogP contribution in [0, 0.1) is 20.8 Å². The molecule has 6 heteroatoms. The van der Waals surface area contributed by atoms with Crippen molar-refractivity contribution in [3.8, 4) is 5.75 Å². The molecule has 0 unspecified atom stereocenters. The number of aryl methyl sites for hydroxylation is 3. The third-order valence-corrected chi connectivity index (χ3v) is 7.28. The maximum Gasteiger partial charge on any atom is 0.293 e. The summed E-state index contributed by atoms with van der Waals surface area (Å²) in [7, 11) is 0. The first kappa shape index (κ1) is 23.9. The lowest BCUT2D eigenvalue weighted by atomic mass is 10.1. The third kappa shape index (κ3) is 4.95. The van der Waals surface area contributed by atoms with Crippen LogP contribution in [0.2, 0.25) is 0 Å². The first-order valence-corrected chi connectivity index (χ1v) is 12.8. The van der Waals surface area contributed by atoms with Gasteiger partial charge in [0.05, 0.1) is 11.4 Å². The highest BCUT2D eigenvalue weighted by molar-refractivity contribution is 8.18. The van der Waals surface area contributed by atoms with Crippen LogP contribution in [-0.4, -0.2) is 33.8 Å². The molecule has 0 N–H and O–H groups in total. The molecule has 1 aromatic heterocycles. The number of amides is 2. The summed E-state index contributed by atoms with van der Waals surface area (Å²) in [5.74, 6) is 0.504. The zero-order valence-electron chi connectivity index (χ0n) is 20.7. The van der Waals surface area contributed by atoms with Crippen LogP contribution in [-0.2, 0) is 11.3 Å². The average Bonchev–Trinajstić information content (AvgIpc) is 3.34. The van der Waals surface area contributed by atoms with Crippen molar-refractivity contribution in [1.82, 2.24) is 9.47 Å². The molecule has 0 aliphatic carbocycles. The van der Waals surface area contributed by atoms with Crippen LogP contribution in [0.25, 0.3) is 17.0 Å². The zero-order valence-corrected chi connectivity index (χ0v) is 21.5. The molecule has 5 rings (SSSR count). The van der Waals surface area contributed by atoms with Gasteiger partial charge in [-0.15, -0.1) is 0 Å². The fourth-order valence-electron chi connectivity index (χ4n) is 4.35. The lowest BCUT2D eigenvalue weighted by Gasteiger charge is -2.14. The van der Waals surface area contributed by atoms with E-state index < -0.39 is 0 Å². The summed E-state index contributed by atoms with van der Waals surface area (Å²) in [6.07, 6.45) is 3.90. The van der Waals surface area contributed by atoms with Gasteiger partial charge in [-0.05, 0) is 67.4 Å². The van der Waals surface area contributed by atoms with E-state index in [9.17, 15) is 9.59 Å². The van der Waals surface area contributed by atoms with E-state index in [0.29, 0.717) is 4.91 Å². The molecule has 36 heavy (non-hydrogen) atoms. The van der Waals surface area contributed by atoms with Gasteiger partial charge in [-0.25, -0.2) is 0 Å². The van der Waals surface area contributed by atoms with Gasteiger partial charge < -0.3 is 9.30 Å². The van der Waals surface area contributed by atoms with E-state index >= 15 is 0 Å². The van der Waals surface area contributed by atoms with Gasteiger partial charge in [0.25, 0.3) is 11.1 Å². The van der Waals surface area contributed by atoms with E-state index in [1.165, 1.54) is 16.0 Å². The second kappa shape index (κ2) is 10.1. The fourth-order valence-corrected chi connectivity index (χ4v) is 5.21. The summed E-state index contributed by atoms with van der Waals surface area (Å²) in [5, 5.41) is 0.786. The topological polar surface area (TPSA) is 51.5 Å². The molecule has 1 fully saturated rings.